The molecule has 6 nitrogen and oxygen atoms in total. The van der Waals surface area contributed by atoms with Crippen molar-refractivity contribution in [3.63, 3.8) is 0 Å². The topological polar surface area (TPSA) is 70.8 Å². The van der Waals surface area contributed by atoms with Crippen LogP contribution in [0.25, 0.3) is 0 Å². The number of benzene rings is 3. The summed E-state index contributed by atoms with van der Waals surface area (Å²) >= 11 is 0. The minimum Gasteiger partial charge on any atom is -0.488 e. The molecule has 0 amide bonds. The molecule has 3 aromatic rings. The number of para-hydroxylation sites is 1. The second kappa shape index (κ2) is 8.10. The van der Waals surface area contributed by atoms with Crippen LogP contribution in [0.2, 0.25) is 0 Å². The van der Waals surface area contributed by atoms with Crippen molar-refractivity contribution in [3.05, 3.63) is 99.1 Å². The Morgan fingerprint density at radius 1 is 1.00 bits per heavy atom. The van der Waals surface area contributed by atoms with Gasteiger partial charge in [0.1, 0.15) is 18.1 Å². The molecule has 0 atom stereocenters. The van der Waals surface area contributed by atoms with E-state index in [1.165, 1.54) is 17.7 Å². The molecule has 28 heavy (non-hydrogen) atoms. The summed E-state index contributed by atoms with van der Waals surface area (Å²) in [4.78, 5) is 10.8. The zero-order valence-corrected chi connectivity index (χ0v) is 15.2. The summed E-state index contributed by atoms with van der Waals surface area (Å²) in [5, 5.41) is 11.3. The molecule has 6 heteroatoms. The van der Waals surface area contributed by atoms with Crippen molar-refractivity contribution in [2.75, 3.05) is 6.79 Å². The molecule has 142 valence electrons. The number of nitro groups is 1. The lowest BCUT2D eigenvalue weighted by Gasteiger charge is -2.21. The van der Waals surface area contributed by atoms with Crippen LogP contribution in [-0.4, -0.2) is 11.7 Å². The Labute approximate surface area is 162 Å². The van der Waals surface area contributed by atoms with Crippen molar-refractivity contribution < 1.29 is 19.1 Å². The Bertz CT molecular complexity index is 987. The van der Waals surface area contributed by atoms with E-state index < -0.39 is 4.92 Å². The lowest BCUT2D eigenvalue weighted by Crippen LogP contribution is -2.14. The van der Waals surface area contributed by atoms with Crippen LogP contribution in [0.5, 0.6) is 11.5 Å². The molecule has 0 bridgehead atoms. The van der Waals surface area contributed by atoms with E-state index in [2.05, 4.69) is 12.1 Å². The number of nitrogens with zero attached hydrogens (tertiary/aromatic N) is 1. The van der Waals surface area contributed by atoms with Crippen LogP contribution < -0.4 is 9.47 Å². The summed E-state index contributed by atoms with van der Waals surface area (Å²) in [6.07, 6.45) is 0.744. The quantitative estimate of drug-likeness (QED) is 0.463. The van der Waals surface area contributed by atoms with E-state index in [-0.39, 0.29) is 25.7 Å². The summed E-state index contributed by atoms with van der Waals surface area (Å²) in [5.41, 5.74) is 3.55. The third kappa shape index (κ3) is 3.97. The molecule has 0 aromatic heterocycles. The van der Waals surface area contributed by atoms with E-state index in [0.717, 1.165) is 17.7 Å². The molecule has 0 fully saturated rings. The zero-order valence-electron chi connectivity index (χ0n) is 15.2. The van der Waals surface area contributed by atoms with Gasteiger partial charge in [-0.1, -0.05) is 48.5 Å². The van der Waals surface area contributed by atoms with E-state index in [4.69, 9.17) is 14.2 Å². The first-order chi connectivity index (χ1) is 13.7. The van der Waals surface area contributed by atoms with Gasteiger partial charge >= 0.3 is 0 Å². The predicted octanol–water partition coefficient (Wildman–Crippen LogP) is 4.63. The largest absolute Gasteiger partial charge is 0.488 e. The van der Waals surface area contributed by atoms with Gasteiger partial charge in [-0.2, -0.15) is 0 Å². The van der Waals surface area contributed by atoms with Crippen molar-refractivity contribution in [1.29, 1.82) is 0 Å². The average molecular weight is 377 g/mol. The summed E-state index contributed by atoms with van der Waals surface area (Å²) in [7, 11) is 0. The Morgan fingerprint density at radius 2 is 1.79 bits per heavy atom. The molecule has 1 aliphatic heterocycles. The van der Waals surface area contributed by atoms with Gasteiger partial charge < -0.3 is 14.2 Å². The summed E-state index contributed by atoms with van der Waals surface area (Å²) in [5.74, 6) is 1.36. The summed E-state index contributed by atoms with van der Waals surface area (Å²) in [6.45, 7) is 0.590. The standard InChI is InChI=1S/C22H19NO5/c24-23(25)20-11-18-13-26-15-28-22(18)19(12-20)14-27-21-9-5-4-8-17(21)10-16-6-2-1-3-7-16/h1-9,11-12H,10,13-15H2. The lowest BCUT2D eigenvalue weighted by atomic mass is 10.0. The molecular weight excluding hydrogens is 358 g/mol. The third-order valence-electron chi connectivity index (χ3n) is 4.58. The van der Waals surface area contributed by atoms with Crippen LogP contribution >= 0.6 is 0 Å². The van der Waals surface area contributed by atoms with Gasteiger partial charge in [0, 0.05) is 29.7 Å². The maximum absolute atomic E-state index is 11.3. The number of non-ortho nitro benzene ring substituents is 1. The third-order valence-corrected chi connectivity index (χ3v) is 4.58. The maximum atomic E-state index is 11.3. The van der Waals surface area contributed by atoms with Crippen LogP contribution in [0, 0.1) is 10.1 Å². The SMILES string of the molecule is O=[N+]([O-])c1cc2c(c(COc3ccccc3Cc3ccccc3)c1)OCOC2. The molecule has 1 heterocycles. The molecule has 0 saturated carbocycles. The number of fused-ring (bicyclic) bond motifs is 1. The second-order valence-electron chi connectivity index (χ2n) is 6.52. The Hall–Kier alpha value is -3.38. The molecule has 4 rings (SSSR count). The molecule has 0 unspecified atom stereocenters. The number of hydrogen-bond donors (Lipinski definition) is 0. The highest BCUT2D eigenvalue weighted by Gasteiger charge is 2.21. The Morgan fingerprint density at radius 3 is 2.61 bits per heavy atom. The molecule has 0 radical (unpaired) electrons. The van der Waals surface area contributed by atoms with Crippen LogP contribution in [-0.2, 0) is 24.4 Å². The minimum atomic E-state index is -0.415. The van der Waals surface area contributed by atoms with Gasteiger partial charge in [0.2, 0.25) is 0 Å². The van der Waals surface area contributed by atoms with Crippen molar-refractivity contribution >= 4 is 5.69 Å². The summed E-state index contributed by atoms with van der Waals surface area (Å²) in [6, 6.07) is 21.0. The molecule has 0 aliphatic carbocycles. The average Bonchev–Trinajstić information content (AvgIpc) is 2.73. The van der Waals surface area contributed by atoms with Crippen LogP contribution in [0.3, 0.4) is 0 Å². The first kappa shape index (κ1) is 18.0. The van der Waals surface area contributed by atoms with E-state index in [1.807, 2.05) is 42.5 Å². The van der Waals surface area contributed by atoms with Gasteiger partial charge in [-0.25, -0.2) is 0 Å². The minimum absolute atomic E-state index is 0.00372. The highest BCUT2D eigenvalue weighted by molar-refractivity contribution is 5.50. The Balaban J connectivity index is 1.58. The number of hydrogen-bond acceptors (Lipinski definition) is 5. The molecule has 3 aromatic carbocycles. The predicted molar refractivity (Wildman–Crippen MR) is 103 cm³/mol. The van der Waals surface area contributed by atoms with Gasteiger partial charge in [0.15, 0.2) is 6.79 Å². The van der Waals surface area contributed by atoms with E-state index in [1.54, 1.807) is 0 Å². The normalized spacial score (nSPS) is 12.7. The first-order valence-corrected chi connectivity index (χ1v) is 8.96. The fourth-order valence-electron chi connectivity index (χ4n) is 3.26. The fraction of sp³-hybridized carbons (Fsp3) is 0.182. The van der Waals surface area contributed by atoms with Gasteiger partial charge in [-0.05, 0) is 17.2 Å². The molecule has 0 saturated heterocycles. The first-order valence-electron chi connectivity index (χ1n) is 8.96. The lowest BCUT2D eigenvalue weighted by molar-refractivity contribution is -0.385. The van der Waals surface area contributed by atoms with Gasteiger partial charge in [-0.3, -0.25) is 10.1 Å². The highest BCUT2D eigenvalue weighted by atomic mass is 16.7. The van der Waals surface area contributed by atoms with E-state index in [0.29, 0.717) is 16.9 Å². The van der Waals surface area contributed by atoms with Gasteiger partial charge in [0.25, 0.3) is 5.69 Å². The van der Waals surface area contributed by atoms with Crippen molar-refractivity contribution in [2.45, 2.75) is 19.6 Å². The van der Waals surface area contributed by atoms with E-state index >= 15 is 0 Å². The van der Waals surface area contributed by atoms with Crippen molar-refractivity contribution in [2.24, 2.45) is 0 Å². The molecular formula is C22H19NO5. The highest BCUT2D eigenvalue weighted by Crippen LogP contribution is 2.33. The second-order valence-corrected chi connectivity index (χ2v) is 6.52. The Kier molecular flexibility index (Phi) is 5.21. The number of ether oxygens (including phenoxy) is 3. The monoisotopic (exact) mass is 377 g/mol. The summed E-state index contributed by atoms with van der Waals surface area (Å²) < 4.78 is 16.9. The number of nitro benzene ring substituents is 1. The van der Waals surface area contributed by atoms with Crippen LogP contribution in [0.15, 0.2) is 66.7 Å². The molecule has 1 aliphatic rings. The van der Waals surface area contributed by atoms with Crippen LogP contribution in [0.4, 0.5) is 5.69 Å². The van der Waals surface area contributed by atoms with Crippen molar-refractivity contribution in [3.8, 4) is 11.5 Å². The van der Waals surface area contributed by atoms with Crippen LogP contribution in [0.1, 0.15) is 22.3 Å². The maximum Gasteiger partial charge on any atom is 0.270 e. The molecule has 0 spiro atoms. The van der Waals surface area contributed by atoms with Gasteiger partial charge in [0.05, 0.1) is 11.5 Å². The van der Waals surface area contributed by atoms with E-state index in [9.17, 15) is 10.1 Å². The molecule has 0 N–H and O–H groups in total. The fourth-order valence-corrected chi connectivity index (χ4v) is 3.26. The van der Waals surface area contributed by atoms with Gasteiger partial charge in [-0.15, -0.1) is 0 Å². The van der Waals surface area contributed by atoms with Crippen molar-refractivity contribution in [1.82, 2.24) is 0 Å². The smallest absolute Gasteiger partial charge is 0.270 e. The zero-order chi connectivity index (χ0) is 19.3. The number of rotatable bonds is 6.